The first kappa shape index (κ1) is 20.5. The predicted octanol–water partition coefficient (Wildman–Crippen LogP) is 0.821. The highest BCUT2D eigenvalue weighted by Crippen LogP contribution is 2.26. The van der Waals surface area contributed by atoms with E-state index in [1.165, 1.54) is 0 Å². The molecule has 2 N–H and O–H groups in total. The van der Waals surface area contributed by atoms with Gasteiger partial charge in [0.2, 0.25) is 0 Å². The van der Waals surface area contributed by atoms with Crippen molar-refractivity contribution >= 4 is 21.4 Å². The van der Waals surface area contributed by atoms with Crippen LogP contribution in [0.5, 0.6) is 0 Å². The number of anilines is 1. The lowest BCUT2D eigenvalue weighted by Crippen LogP contribution is -3.08. The molecule has 1 aliphatic rings. The van der Waals surface area contributed by atoms with Crippen LogP contribution in [0.1, 0.15) is 35.0 Å². The zero-order valence-electron chi connectivity index (χ0n) is 16.9. The Labute approximate surface area is 166 Å². The molecule has 8 heteroatoms. The fraction of sp³-hybridized carbons (Fsp3) is 0.500. The summed E-state index contributed by atoms with van der Waals surface area (Å²) in [6, 6.07) is 7.66. The molecule has 0 saturated carbocycles. The van der Waals surface area contributed by atoms with Crippen molar-refractivity contribution in [3.8, 4) is 0 Å². The van der Waals surface area contributed by atoms with Gasteiger partial charge in [-0.3, -0.25) is 9.48 Å². The van der Waals surface area contributed by atoms with Gasteiger partial charge in [0.1, 0.15) is 6.54 Å². The summed E-state index contributed by atoms with van der Waals surface area (Å²) in [7, 11) is -0.977. The van der Waals surface area contributed by atoms with E-state index in [1.54, 1.807) is 0 Å². The molecule has 1 saturated heterocycles. The number of sulfone groups is 1. The Morgan fingerprint density at radius 1 is 1.25 bits per heavy atom. The zero-order chi connectivity index (χ0) is 20.5. The maximum atomic E-state index is 12.3. The van der Waals surface area contributed by atoms with Crippen molar-refractivity contribution in [3.05, 3.63) is 46.8 Å². The fourth-order valence-electron chi connectivity index (χ4n) is 3.76. The van der Waals surface area contributed by atoms with Crippen molar-refractivity contribution < 1.29 is 18.1 Å². The highest BCUT2D eigenvalue weighted by atomic mass is 32.2. The van der Waals surface area contributed by atoms with Crippen molar-refractivity contribution in [3.63, 3.8) is 0 Å². The van der Waals surface area contributed by atoms with E-state index in [-0.39, 0.29) is 23.5 Å². The molecule has 3 rings (SSSR count). The third kappa shape index (κ3) is 4.80. The highest BCUT2D eigenvalue weighted by molar-refractivity contribution is 7.91. The Morgan fingerprint density at radius 2 is 1.93 bits per heavy atom. The highest BCUT2D eigenvalue weighted by Gasteiger charge is 2.31. The van der Waals surface area contributed by atoms with Gasteiger partial charge in [-0.25, -0.2) is 8.42 Å². The Kier molecular flexibility index (Phi) is 5.90. The molecule has 2 heterocycles. The van der Waals surface area contributed by atoms with Crippen LogP contribution in [-0.4, -0.2) is 49.2 Å². The van der Waals surface area contributed by atoms with Crippen LogP contribution >= 0.6 is 0 Å². The number of carbonyl (C=O) groups excluding carboxylic acids is 1. The normalized spacial score (nSPS) is 19.5. The molecule has 1 aliphatic heterocycles. The molecule has 0 bridgehead atoms. The predicted molar refractivity (Wildman–Crippen MR) is 109 cm³/mol. The number of quaternary nitrogens is 1. The van der Waals surface area contributed by atoms with Gasteiger partial charge in [-0.15, -0.1) is 0 Å². The van der Waals surface area contributed by atoms with E-state index in [0.717, 1.165) is 33.1 Å². The molecule has 0 radical (unpaired) electrons. The lowest BCUT2D eigenvalue weighted by atomic mass is 10.1. The maximum absolute atomic E-state index is 12.3. The van der Waals surface area contributed by atoms with Crippen LogP contribution in [0.15, 0.2) is 24.3 Å². The van der Waals surface area contributed by atoms with Gasteiger partial charge in [-0.05, 0) is 39.3 Å². The van der Waals surface area contributed by atoms with Crippen LogP contribution in [0.3, 0.4) is 0 Å². The number of hydrogen-bond acceptors (Lipinski definition) is 4. The number of nitrogens with zero attached hydrogens (tertiary/aromatic N) is 2. The third-order valence-electron chi connectivity index (χ3n) is 5.31. The van der Waals surface area contributed by atoms with E-state index in [1.807, 2.05) is 56.8 Å². The van der Waals surface area contributed by atoms with Crippen molar-refractivity contribution in [1.82, 2.24) is 9.78 Å². The van der Waals surface area contributed by atoms with E-state index >= 15 is 0 Å². The number of aromatic nitrogens is 2. The van der Waals surface area contributed by atoms with Crippen molar-refractivity contribution in [1.29, 1.82) is 0 Å². The first-order valence-electron chi connectivity index (χ1n) is 9.57. The maximum Gasteiger partial charge on any atom is 0.279 e. The number of aryl methyl sites for hydroxylation is 2. The number of amides is 1. The van der Waals surface area contributed by atoms with Gasteiger partial charge in [0.05, 0.1) is 35.9 Å². The largest absolute Gasteiger partial charge is 0.326 e. The minimum Gasteiger partial charge on any atom is -0.326 e. The van der Waals surface area contributed by atoms with Gasteiger partial charge >= 0.3 is 0 Å². The Bertz CT molecular complexity index is 964. The average molecular weight is 406 g/mol. The Balaban J connectivity index is 1.63. The minimum atomic E-state index is -2.95. The Hall–Kier alpha value is -2.19. The Morgan fingerprint density at radius 3 is 2.54 bits per heavy atom. The smallest absolute Gasteiger partial charge is 0.279 e. The van der Waals surface area contributed by atoms with Crippen LogP contribution in [0.2, 0.25) is 0 Å². The summed E-state index contributed by atoms with van der Waals surface area (Å²) in [4.78, 5) is 13.4. The summed E-state index contributed by atoms with van der Waals surface area (Å²) < 4.78 is 25.5. The molecule has 1 amide bonds. The molecule has 152 valence electrons. The molecular formula is C20H29N4O3S+. The van der Waals surface area contributed by atoms with E-state index in [9.17, 15) is 13.2 Å². The van der Waals surface area contributed by atoms with Gasteiger partial charge in [0, 0.05) is 11.4 Å². The first-order valence-corrected chi connectivity index (χ1v) is 11.4. The fourth-order valence-corrected chi connectivity index (χ4v) is 5.45. The van der Waals surface area contributed by atoms with Gasteiger partial charge in [-0.1, -0.05) is 17.7 Å². The van der Waals surface area contributed by atoms with Crippen LogP contribution in [0, 0.1) is 20.8 Å². The first-order chi connectivity index (χ1) is 13.1. The molecular weight excluding hydrogens is 376 g/mol. The molecule has 2 atom stereocenters. The van der Waals surface area contributed by atoms with Crippen LogP contribution in [-0.2, 0) is 21.2 Å². The van der Waals surface area contributed by atoms with Gasteiger partial charge in [0.25, 0.3) is 5.91 Å². The number of nitrogens with one attached hydrogen (secondary N) is 2. The minimum absolute atomic E-state index is 0.0362. The van der Waals surface area contributed by atoms with Gasteiger partial charge < -0.3 is 10.2 Å². The number of benzene rings is 1. The molecule has 0 spiro atoms. The molecule has 1 aromatic heterocycles. The van der Waals surface area contributed by atoms with Gasteiger partial charge in [0.15, 0.2) is 16.4 Å². The lowest BCUT2D eigenvalue weighted by Gasteiger charge is -2.15. The molecule has 0 aliphatic carbocycles. The standard InChI is InChI=1S/C20H28N4O3S/c1-14-5-7-17(8-6-14)21-20(25)12-23(4)11-19-15(2)22-24(16(19)3)18-9-10-28(26,27)13-18/h5-8,18H,9-13H2,1-4H3,(H,21,25)/p+1/t18-/m1/s1. The summed E-state index contributed by atoms with van der Waals surface area (Å²) in [5, 5.41) is 7.53. The average Bonchev–Trinajstić information content (AvgIpc) is 3.10. The second-order valence-electron chi connectivity index (χ2n) is 7.88. The lowest BCUT2D eigenvalue weighted by molar-refractivity contribution is -0.885. The summed E-state index contributed by atoms with van der Waals surface area (Å²) in [6.07, 6.45) is 0.616. The van der Waals surface area contributed by atoms with Crippen LogP contribution in [0.25, 0.3) is 0 Å². The quantitative estimate of drug-likeness (QED) is 0.745. The number of rotatable bonds is 6. The van der Waals surface area contributed by atoms with Crippen molar-refractivity contribution in [2.24, 2.45) is 0 Å². The van der Waals surface area contributed by atoms with Crippen molar-refractivity contribution in [2.75, 3.05) is 30.4 Å². The van der Waals surface area contributed by atoms with Crippen molar-refractivity contribution in [2.45, 2.75) is 39.8 Å². The number of carbonyl (C=O) groups is 1. The molecule has 1 aromatic carbocycles. The van der Waals surface area contributed by atoms with Crippen LogP contribution < -0.4 is 10.2 Å². The van der Waals surface area contributed by atoms with E-state index in [4.69, 9.17) is 0 Å². The van der Waals surface area contributed by atoms with E-state index in [0.29, 0.717) is 19.5 Å². The van der Waals surface area contributed by atoms with Gasteiger partial charge in [-0.2, -0.15) is 5.10 Å². The second-order valence-corrected chi connectivity index (χ2v) is 10.1. The van der Waals surface area contributed by atoms with Crippen LogP contribution in [0.4, 0.5) is 5.69 Å². The molecule has 1 fully saturated rings. The number of hydrogen-bond donors (Lipinski definition) is 2. The summed E-state index contributed by atoms with van der Waals surface area (Å²) >= 11 is 0. The SMILES string of the molecule is Cc1ccc(NC(=O)C[NH+](C)Cc2c(C)nn([C@@H]3CCS(=O)(=O)C3)c2C)cc1. The molecule has 2 aromatic rings. The third-order valence-corrected chi connectivity index (χ3v) is 7.06. The topological polar surface area (TPSA) is 85.5 Å². The monoisotopic (exact) mass is 405 g/mol. The zero-order valence-corrected chi connectivity index (χ0v) is 17.8. The van der Waals surface area contributed by atoms with E-state index in [2.05, 4.69) is 10.4 Å². The second kappa shape index (κ2) is 8.05. The summed E-state index contributed by atoms with van der Waals surface area (Å²) in [5.74, 6) is 0.358. The number of likely N-dealkylation sites (N-methyl/N-ethyl adjacent to an activating group) is 1. The molecule has 28 heavy (non-hydrogen) atoms. The summed E-state index contributed by atoms with van der Waals surface area (Å²) in [5.41, 5.74) is 4.94. The molecule has 1 unspecified atom stereocenters. The molecule has 7 nitrogen and oxygen atoms in total. The van der Waals surface area contributed by atoms with E-state index < -0.39 is 9.84 Å². The summed E-state index contributed by atoms with van der Waals surface area (Å²) in [6.45, 7) is 6.95.